The first-order valence-corrected chi connectivity index (χ1v) is 10.5. The molecule has 0 aliphatic carbocycles. The lowest BCUT2D eigenvalue weighted by Gasteiger charge is -2.31. The maximum atomic E-state index is 12.1. The van der Waals surface area contributed by atoms with Crippen LogP contribution < -0.4 is 10.0 Å². The van der Waals surface area contributed by atoms with E-state index >= 15 is 0 Å². The zero-order valence-corrected chi connectivity index (χ0v) is 16.8. The molecule has 0 radical (unpaired) electrons. The predicted molar refractivity (Wildman–Crippen MR) is 99.1 cm³/mol. The second-order valence-electron chi connectivity index (χ2n) is 5.90. The van der Waals surface area contributed by atoms with E-state index in [9.17, 15) is 18.0 Å². The maximum absolute atomic E-state index is 12.1. The van der Waals surface area contributed by atoms with Crippen molar-refractivity contribution < 1.29 is 22.7 Å². The van der Waals surface area contributed by atoms with Gasteiger partial charge in [0.05, 0.1) is 12.0 Å². The summed E-state index contributed by atoms with van der Waals surface area (Å²) < 4.78 is 32.1. The molecule has 1 saturated heterocycles. The molecular formula is C16H22BrN3O5S. The number of ether oxygens (including phenoxy) is 1. The van der Waals surface area contributed by atoms with Crippen LogP contribution in [0.5, 0.6) is 0 Å². The molecule has 0 aromatic heterocycles. The van der Waals surface area contributed by atoms with Crippen LogP contribution in [0.3, 0.4) is 0 Å². The third-order valence-corrected chi connectivity index (χ3v) is 6.07. The fourth-order valence-corrected chi connectivity index (χ4v) is 3.93. The minimum absolute atomic E-state index is 0.0191. The van der Waals surface area contributed by atoms with Crippen molar-refractivity contribution in [1.29, 1.82) is 0 Å². The number of carbonyl (C=O) groups is 2. The van der Waals surface area contributed by atoms with E-state index < -0.39 is 10.0 Å². The number of piperidine rings is 1. The molecule has 10 heteroatoms. The van der Waals surface area contributed by atoms with Crippen LogP contribution in [-0.2, 0) is 19.6 Å². The molecule has 0 spiro atoms. The topological polar surface area (TPSA) is 105 Å². The van der Waals surface area contributed by atoms with Crippen molar-refractivity contribution in [3.05, 3.63) is 28.7 Å². The number of rotatable bonds is 6. The Kier molecular flexibility index (Phi) is 7.42. The van der Waals surface area contributed by atoms with Gasteiger partial charge in [-0.2, -0.15) is 0 Å². The molecule has 1 fully saturated rings. The Labute approximate surface area is 161 Å². The highest BCUT2D eigenvalue weighted by Crippen LogP contribution is 2.14. The van der Waals surface area contributed by atoms with Gasteiger partial charge in [0.15, 0.2) is 0 Å². The number of carbonyl (C=O) groups excluding carboxylic acids is 2. The Hall–Kier alpha value is -1.65. The molecular weight excluding hydrogens is 426 g/mol. The third-order valence-electron chi connectivity index (χ3n) is 4.06. The summed E-state index contributed by atoms with van der Waals surface area (Å²) in [4.78, 5) is 25.1. The van der Waals surface area contributed by atoms with E-state index in [-0.39, 0.29) is 35.9 Å². The molecule has 1 aliphatic heterocycles. The summed E-state index contributed by atoms with van der Waals surface area (Å²) in [6.07, 6.45) is 0.973. The SMILES string of the molecule is COC(=O)N1CCC(NC(=O)CCNS(=O)(=O)c2ccc(Br)cc2)CC1. The van der Waals surface area contributed by atoms with Crippen molar-refractivity contribution in [2.45, 2.75) is 30.2 Å². The number of nitrogens with zero attached hydrogens (tertiary/aromatic N) is 1. The van der Waals surface area contributed by atoms with Gasteiger partial charge in [0.2, 0.25) is 15.9 Å². The summed E-state index contributed by atoms with van der Waals surface area (Å²) in [5, 5.41) is 2.87. The van der Waals surface area contributed by atoms with Crippen molar-refractivity contribution >= 4 is 38.0 Å². The van der Waals surface area contributed by atoms with Gasteiger partial charge < -0.3 is 15.0 Å². The lowest BCUT2D eigenvalue weighted by atomic mass is 10.1. The molecule has 1 aromatic rings. The first kappa shape index (κ1) is 20.7. The summed E-state index contributed by atoms with van der Waals surface area (Å²) >= 11 is 3.25. The summed E-state index contributed by atoms with van der Waals surface area (Å²) in [5.74, 6) is -0.222. The number of sulfonamides is 1. The number of hydrogen-bond acceptors (Lipinski definition) is 5. The van der Waals surface area contributed by atoms with Crippen LogP contribution in [0.4, 0.5) is 4.79 Å². The lowest BCUT2D eigenvalue weighted by molar-refractivity contribution is -0.121. The van der Waals surface area contributed by atoms with Gasteiger partial charge in [0, 0.05) is 36.6 Å². The van der Waals surface area contributed by atoms with Crippen LogP contribution in [0.15, 0.2) is 33.6 Å². The number of halogens is 1. The first-order chi connectivity index (χ1) is 12.3. The van der Waals surface area contributed by atoms with E-state index in [1.807, 2.05) is 0 Å². The summed E-state index contributed by atoms with van der Waals surface area (Å²) in [6.45, 7) is 1.06. The second-order valence-corrected chi connectivity index (χ2v) is 8.58. The van der Waals surface area contributed by atoms with Crippen LogP contribution in [0, 0.1) is 0 Å². The van der Waals surface area contributed by atoms with E-state index in [1.54, 1.807) is 17.0 Å². The highest BCUT2D eigenvalue weighted by molar-refractivity contribution is 9.10. The smallest absolute Gasteiger partial charge is 0.409 e. The highest BCUT2D eigenvalue weighted by atomic mass is 79.9. The van der Waals surface area contributed by atoms with Gasteiger partial charge in [-0.1, -0.05) is 15.9 Å². The van der Waals surface area contributed by atoms with Gasteiger partial charge in [-0.3, -0.25) is 4.79 Å². The van der Waals surface area contributed by atoms with Crippen LogP contribution in [-0.4, -0.2) is 58.1 Å². The number of amides is 2. The van der Waals surface area contributed by atoms with Crippen molar-refractivity contribution in [3.63, 3.8) is 0 Å². The quantitative estimate of drug-likeness (QED) is 0.686. The molecule has 0 saturated carbocycles. The van der Waals surface area contributed by atoms with Gasteiger partial charge in [-0.25, -0.2) is 17.9 Å². The summed E-state index contributed by atoms with van der Waals surface area (Å²) in [6, 6.07) is 6.24. The van der Waals surface area contributed by atoms with E-state index in [1.165, 1.54) is 19.2 Å². The zero-order valence-electron chi connectivity index (χ0n) is 14.4. The average molecular weight is 448 g/mol. The average Bonchev–Trinajstić information content (AvgIpc) is 2.62. The Bertz CT molecular complexity index is 731. The number of hydrogen-bond donors (Lipinski definition) is 2. The van der Waals surface area contributed by atoms with E-state index in [0.717, 1.165) is 4.47 Å². The molecule has 2 rings (SSSR count). The van der Waals surface area contributed by atoms with Gasteiger partial charge in [-0.15, -0.1) is 0 Å². The highest BCUT2D eigenvalue weighted by Gasteiger charge is 2.24. The summed E-state index contributed by atoms with van der Waals surface area (Å²) in [5.41, 5.74) is 0. The zero-order chi connectivity index (χ0) is 19.2. The van der Waals surface area contributed by atoms with Gasteiger partial charge in [0.25, 0.3) is 0 Å². The number of nitrogens with one attached hydrogen (secondary N) is 2. The summed E-state index contributed by atoms with van der Waals surface area (Å²) in [7, 11) is -2.30. The van der Waals surface area contributed by atoms with Crippen LogP contribution in [0.2, 0.25) is 0 Å². The molecule has 0 atom stereocenters. The predicted octanol–water partition coefficient (Wildman–Crippen LogP) is 1.46. The van der Waals surface area contributed by atoms with Gasteiger partial charge in [-0.05, 0) is 37.1 Å². The van der Waals surface area contributed by atoms with Crippen LogP contribution in [0.25, 0.3) is 0 Å². The molecule has 1 aromatic carbocycles. The Balaban J connectivity index is 1.72. The normalized spacial score (nSPS) is 15.5. The van der Waals surface area contributed by atoms with Crippen molar-refractivity contribution in [2.75, 3.05) is 26.7 Å². The van der Waals surface area contributed by atoms with E-state index in [0.29, 0.717) is 25.9 Å². The fourth-order valence-electron chi connectivity index (χ4n) is 2.63. The Morgan fingerprint density at radius 2 is 1.85 bits per heavy atom. The second kappa shape index (κ2) is 9.33. The largest absolute Gasteiger partial charge is 0.453 e. The number of benzene rings is 1. The first-order valence-electron chi connectivity index (χ1n) is 8.19. The maximum Gasteiger partial charge on any atom is 0.409 e. The van der Waals surface area contributed by atoms with Crippen LogP contribution >= 0.6 is 15.9 Å². The van der Waals surface area contributed by atoms with E-state index in [2.05, 4.69) is 30.7 Å². The molecule has 1 aliphatic rings. The van der Waals surface area contributed by atoms with Crippen molar-refractivity contribution in [3.8, 4) is 0 Å². The van der Waals surface area contributed by atoms with E-state index in [4.69, 9.17) is 0 Å². The van der Waals surface area contributed by atoms with Crippen molar-refractivity contribution in [1.82, 2.24) is 14.9 Å². The van der Waals surface area contributed by atoms with Crippen LogP contribution in [0.1, 0.15) is 19.3 Å². The molecule has 8 nitrogen and oxygen atoms in total. The standard InChI is InChI=1S/C16H22BrN3O5S/c1-25-16(22)20-10-7-13(8-11-20)19-15(21)6-9-18-26(23,24)14-4-2-12(17)3-5-14/h2-5,13,18H,6-11H2,1H3,(H,19,21). The third kappa shape index (κ3) is 5.96. The van der Waals surface area contributed by atoms with Gasteiger partial charge >= 0.3 is 6.09 Å². The fraction of sp³-hybridized carbons (Fsp3) is 0.500. The number of likely N-dealkylation sites (tertiary alicyclic amines) is 1. The minimum atomic E-state index is -3.63. The number of methoxy groups -OCH3 is 1. The molecule has 0 unspecified atom stereocenters. The monoisotopic (exact) mass is 447 g/mol. The van der Waals surface area contributed by atoms with Crippen molar-refractivity contribution in [2.24, 2.45) is 0 Å². The molecule has 1 heterocycles. The molecule has 2 N–H and O–H groups in total. The minimum Gasteiger partial charge on any atom is -0.453 e. The molecule has 2 amide bonds. The Morgan fingerprint density at radius 3 is 2.42 bits per heavy atom. The Morgan fingerprint density at radius 1 is 1.23 bits per heavy atom. The van der Waals surface area contributed by atoms with Gasteiger partial charge in [0.1, 0.15) is 0 Å². The lowest BCUT2D eigenvalue weighted by Crippen LogP contribution is -2.46. The molecule has 144 valence electrons. The molecule has 0 bridgehead atoms. The molecule has 26 heavy (non-hydrogen) atoms.